The maximum absolute atomic E-state index is 12.2. The van der Waals surface area contributed by atoms with Gasteiger partial charge in [-0.15, -0.1) is 0 Å². The highest BCUT2D eigenvalue weighted by Gasteiger charge is 2.23. The molecule has 0 aliphatic rings. The summed E-state index contributed by atoms with van der Waals surface area (Å²) in [5, 5.41) is 4.02. The Morgan fingerprint density at radius 2 is 1.97 bits per heavy atom. The molecule has 38 heavy (non-hydrogen) atoms. The second-order valence-electron chi connectivity index (χ2n) is 8.41. The van der Waals surface area contributed by atoms with E-state index >= 15 is 0 Å². The molecule has 8 nitrogen and oxygen atoms in total. The number of benzene rings is 2. The Hall–Kier alpha value is -4.11. The summed E-state index contributed by atoms with van der Waals surface area (Å²) < 4.78 is 28.1. The zero-order valence-electron chi connectivity index (χ0n) is 21.5. The van der Waals surface area contributed by atoms with E-state index in [1.165, 1.54) is 13.4 Å². The van der Waals surface area contributed by atoms with Crippen molar-refractivity contribution in [1.29, 1.82) is 0 Å². The maximum Gasteiger partial charge on any atom is 0.360 e. The number of methoxy groups -OCH3 is 1. The standard InChI is InChI=1S/C29H29NO7S/c1-4-34-27(31)12-11-25(22-8-6-5-7-19(22)2)37-26-15-21(35-16-20-13-14-38-18-20)9-10-23(26)28-30-24(17-36-28)29(32)33-3/h5-10,13-15,17-18,25H,4,11-12,16H2,1-3H3. The van der Waals surface area contributed by atoms with Crippen LogP contribution in [0.2, 0.25) is 0 Å². The van der Waals surface area contributed by atoms with E-state index < -0.39 is 12.1 Å². The Balaban J connectivity index is 1.69. The van der Waals surface area contributed by atoms with Crippen molar-refractivity contribution in [2.45, 2.75) is 39.4 Å². The van der Waals surface area contributed by atoms with Gasteiger partial charge in [0.05, 0.1) is 19.3 Å². The first-order chi connectivity index (χ1) is 18.5. The quantitative estimate of drug-likeness (QED) is 0.189. The Kier molecular flexibility index (Phi) is 9.16. The molecule has 0 amide bonds. The third-order valence-electron chi connectivity index (χ3n) is 5.79. The lowest BCUT2D eigenvalue weighted by Crippen LogP contribution is -2.13. The van der Waals surface area contributed by atoms with E-state index in [1.807, 2.05) is 48.0 Å². The van der Waals surface area contributed by atoms with Gasteiger partial charge in [-0.2, -0.15) is 11.3 Å². The van der Waals surface area contributed by atoms with Crippen molar-refractivity contribution >= 4 is 23.3 Å². The minimum atomic E-state index is -0.606. The van der Waals surface area contributed by atoms with Gasteiger partial charge in [-0.3, -0.25) is 4.79 Å². The average molecular weight is 536 g/mol. The van der Waals surface area contributed by atoms with Crippen LogP contribution in [0.15, 0.2) is 70.0 Å². The Morgan fingerprint density at radius 3 is 2.71 bits per heavy atom. The van der Waals surface area contributed by atoms with Crippen LogP contribution in [0.25, 0.3) is 11.5 Å². The molecule has 1 atom stereocenters. The molecular formula is C29H29NO7S. The number of rotatable bonds is 12. The first-order valence-electron chi connectivity index (χ1n) is 12.2. The number of aryl methyl sites for hydroxylation is 1. The predicted molar refractivity (Wildman–Crippen MR) is 142 cm³/mol. The van der Waals surface area contributed by atoms with Crippen LogP contribution in [0.1, 0.15) is 53.0 Å². The lowest BCUT2D eigenvalue weighted by Gasteiger charge is -2.23. The molecule has 0 aliphatic carbocycles. The molecule has 0 bridgehead atoms. The van der Waals surface area contributed by atoms with Gasteiger partial charge in [-0.05, 0) is 65.9 Å². The van der Waals surface area contributed by atoms with E-state index in [4.69, 9.17) is 23.4 Å². The van der Waals surface area contributed by atoms with Crippen molar-refractivity contribution in [3.8, 4) is 23.0 Å². The molecule has 0 fully saturated rings. The van der Waals surface area contributed by atoms with Crippen molar-refractivity contribution in [3.05, 3.63) is 87.9 Å². The number of carbonyl (C=O) groups excluding carboxylic acids is 2. The number of hydrogen-bond donors (Lipinski definition) is 0. The molecule has 0 N–H and O–H groups in total. The summed E-state index contributed by atoms with van der Waals surface area (Å²) in [4.78, 5) is 28.4. The van der Waals surface area contributed by atoms with Gasteiger partial charge in [0.15, 0.2) is 5.69 Å². The van der Waals surface area contributed by atoms with Crippen molar-refractivity contribution < 1.29 is 33.0 Å². The number of hydrogen-bond acceptors (Lipinski definition) is 9. The number of oxazole rings is 1. The highest BCUT2D eigenvalue weighted by molar-refractivity contribution is 7.07. The second-order valence-corrected chi connectivity index (χ2v) is 9.19. The summed E-state index contributed by atoms with van der Waals surface area (Å²) >= 11 is 1.60. The number of carbonyl (C=O) groups is 2. The van der Waals surface area contributed by atoms with Crippen molar-refractivity contribution in [2.75, 3.05) is 13.7 Å². The van der Waals surface area contributed by atoms with Crippen LogP contribution in [0, 0.1) is 6.92 Å². The zero-order chi connectivity index (χ0) is 26.9. The van der Waals surface area contributed by atoms with E-state index in [1.54, 1.807) is 36.5 Å². The number of aromatic nitrogens is 1. The van der Waals surface area contributed by atoms with Crippen LogP contribution in [0.4, 0.5) is 0 Å². The molecule has 2 aromatic heterocycles. The van der Waals surface area contributed by atoms with Crippen LogP contribution in [-0.4, -0.2) is 30.6 Å². The molecule has 0 aliphatic heterocycles. The van der Waals surface area contributed by atoms with Crippen LogP contribution < -0.4 is 9.47 Å². The lowest BCUT2D eigenvalue weighted by molar-refractivity contribution is -0.143. The first-order valence-corrected chi connectivity index (χ1v) is 13.1. The summed E-state index contributed by atoms with van der Waals surface area (Å²) in [6, 6.07) is 15.2. The number of thiophene rings is 1. The van der Waals surface area contributed by atoms with Crippen LogP contribution in [-0.2, 0) is 20.9 Å². The Morgan fingerprint density at radius 1 is 1.13 bits per heavy atom. The molecule has 2 heterocycles. The van der Waals surface area contributed by atoms with Crippen molar-refractivity contribution in [1.82, 2.24) is 4.98 Å². The molecule has 2 aromatic carbocycles. The molecule has 4 rings (SSSR count). The van der Waals surface area contributed by atoms with E-state index in [0.29, 0.717) is 36.7 Å². The van der Waals surface area contributed by atoms with Gasteiger partial charge in [0.25, 0.3) is 0 Å². The molecule has 4 aromatic rings. The summed E-state index contributed by atoms with van der Waals surface area (Å²) in [6.45, 7) is 4.49. The number of ether oxygens (including phenoxy) is 4. The second kappa shape index (κ2) is 12.9. The summed E-state index contributed by atoms with van der Waals surface area (Å²) in [6.07, 6.45) is 1.34. The fourth-order valence-electron chi connectivity index (χ4n) is 3.87. The Labute approximate surface area is 225 Å². The van der Waals surface area contributed by atoms with Crippen LogP contribution >= 0.6 is 11.3 Å². The monoisotopic (exact) mass is 535 g/mol. The minimum Gasteiger partial charge on any atom is -0.489 e. The van der Waals surface area contributed by atoms with Gasteiger partial charge in [0.2, 0.25) is 5.89 Å². The van der Waals surface area contributed by atoms with E-state index in [-0.39, 0.29) is 24.0 Å². The normalized spacial score (nSPS) is 11.6. The minimum absolute atomic E-state index is 0.0454. The first kappa shape index (κ1) is 26.9. The van der Waals surface area contributed by atoms with E-state index in [2.05, 4.69) is 4.98 Å². The van der Waals surface area contributed by atoms with Crippen molar-refractivity contribution in [3.63, 3.8) is 0 Å². The fourth-order valence-corrected chi connectivity index (χ4v) is 4.52. The highest BCUT2D eigenvalue weighted by atomic mass is 32.1. The summed E-state index contributed by atoms with van der Waals surface area (Å²) in [5.74, 6) is 0.314. The smallest absolute Gasteiger partial charge is 0.360 e. The van der Waals surface area contributed by atoms with Crippen molar-refractivity contribution in [2.24, 2.45) is 0 Å². The summed E-state index contributed by atoms with van der Waals surface area (Å²) in [5.41, 5.74) is 3.60. The topological polar surface area (TPSA) is 97.1 Å². The fraction of sp³-hybridized carbons (Fsp3) is 0.276. The molecule has 0 spiro atoms. The Bertz CT molecular complexity index is 1360. The number of esters is 2. The van der Waals surface area contributed by atoms with Gasteiger partial charge in [0, 0.05) is 12.5 Å². The van der Waals surface area contributed by atoms with Gasteiger partial charge in [-0.1, -0.05) is 24.3 Å². The lowest BCUT2D eigenvalue weighted by atomic mass is 9.99. The maximum atomic E-state index is 12.2. The molecule has 1 unspecified atom stereocenters. The predicted octanol–water partition coefficient (Wildman–Crippen LogP) is 6.54. The number of nitrogens with zero attached hydrogens (tertiary/aromatic N) is 1. The molecule has 0 saturated heterocycles. The molecular weight excluding hydrogens is 506 g/mol. The molecule has 198 valence electrons. The van der Waals surface area contributed by atoms with Gasteiger partial charge in [0.1, 0.15) is 30.5 Å². The highest BCUT2D eigenvalue weighted by Crippen LogP contribution is 2.38. The van der Waals surface area contributed by atoms with Gasteiger partial charge in [-0.25, -0.2) is 9.78 Å². The zero-order valence-corrected chi connectivity index (χ0v) is 22.3. The largest absolute Gasteiger partial charge is 0.489 e. The van der Waals surface area contributed by atoms with Crippen LogP contribution in [0.5, 0.6) is 11.5 Å². The van der Waals surface area contributed by atoms with E-state index in [0.717, 1.165) is 16.7 Å². The van der Waals surface area contributed by atoms with E-state index in [9.17, 15) is 9.59 Å². The average Bonchev–Trinajstić information content (AvgIpc) is 3.63. The molecule has 0 radical (unpaired) electrons. The molecule has 9 heteroatoms. The van der Waals surface area contributed by atoms with Crippen LogP contribution in [0.3, 0.4) is 0 Å². The molecule has 0 saturated carbocycles. The summed E-state index contributed by atoms with van der Waals surface area (Å²) in [7, 11) is 1.28. The third kappa shape index (κ3) is 6.80. The third-order valence-corrected chi connectivity index (χ3v) is 6.52. The SMILES string of the molecule is CCOC(=O)CCC(Oc1cc(OCc2ccsc2)ccc1-c1nc(C(=O)OC)co1)c1ccccc1C. The van der Waals surface area contributed by atoms with Gasteiger partial charge < -0.3 is 23.4 Å². The van der Waals surface area contributed by atoms with Gasteiger partial charge >= 0.3 is 11.9 Å².